The molecule has 1 aliphatic carbocycles. The van der Waals surface area contributed by atoms with E-state index in [0.717, 1.165) is 18.4 Å². The van der Waals surface area contributed by atoms with Crippen molar-refractivity contribution in [2.75, 3.05) is 23.7 Å². The number of ether oxygens (including phenoxy) is 1. The van der Waals surface area contributed by atoms with E-state index in [1.54, 1.807) is 36.7 Å². The molecule has 2 aromatic heterocycles. The van der Waals surface area contributed by atoms with Crippen LogP contribution in [0.4, 0.5) is 25.2 Å². The van der Waals surface area contributed by atoms with Gasteiger partial charge in [0, 0.05) is 54.4 Å². The van der Waals surface area contributed by atoms with Crippen molar-refractivity contribution in [3.05, 3.63) is 66.5 Å². The summed E-state index contributed by atoms with van der Waals surface area (Å²) in [6, 6.07) is 14.2. The highest BCUT2D eigenvalue weighted by atomic mass is 19.3. The number of aromatic nitrogens is 3. The lowest BCUT2D eigenvalue weighted by atomic mass is 10.0. The number of rotatable bonds is 7. The van der Waals surface area contributed by atoms with Crippen molar-refractivity contribution in [2.24, 2.45) is 5.92 Å². The Morgan fingerprint density at radius 2 is 1.89 bits per heavy atom. The highest BCUT2D eigenvalue weighted by Crippen LogP contribution is 2.42. The van der Waals surface area contributed by atoms with Gasteiger partial charge in [0.15, 0.2) is 0 Å². The first-order chi connectivity index (χ1) is 21.2. The van der Waals surface area contributed by atoms with E-state index in [-0.39, 0.29) is 18.9 Å². The molecule has 44 heavy (non-hydrogen) atoms. The van der Waals surface area contributed by atoms with Crippen LogP contribution in [0.1, 0.15) is 37.7 Å². The van der Waals surface area contributed by atoms with Crippen LogP contribution >= 0.6 is 0 Å². The summed E-state index contributed by atoms with van der Waals surface area (Å²) in [5.74, 6) is -3.89. The average molecular weight is 603 g/mol. The van der Waals surface area contributed by atoms with E-state index >= 15 is 0 Å². The SMILES string of the molecule is Cc1ccc2c(NC(=O)C3CCCC3(F)F)cccc2c1Oc1ncccc1-c1ccnc(N[C@H]2CCCN(C(=O)O)C2)n1. The van der Waals surface area contributed by atoms with Crippen LogP contribution in [0.5, 0.6) is 11.6 Å². The fourth-order valence-corrected chi connectivity index (χ4v) is 5.95. The third kappa shape index (κ3) is 5.97. The molecule has 0 bridgehead atoms. The number of anilines is 2. The van der Waals surface area contributed by atoms with E-state index < -0.39 is 23.8 Å². The van der Waals surface area contributed by atoms with Crippen molar-refractivity contribution in [3.63, 3.8) is 0 Å². The molecule has 6 rings (SSSR count). The van der Waals surface area contributed by atoms with Crippen LogP contribution in [0.25, 0.3) is 22.0 Å². The van der Waals surface area contributed by atoms with E-state index in [0.29, 0.717) is 64.8 Å². The Morgan fingerprint density at radius 3 is 2.68 bits per heavy atom. The molecular weight excluding hydrogens is 570 g/mol. The molecule has 2 amide bonds. The number of carboxylic acid groups (broad SMARTS) is 1. The Morgan fingerprint density at radius 1 is 1.02 bits per heavy atom. The summed E-state index contributed by atoms with van der Waals surface area (Å²) >= 11 is 0. The molecule has 2 aliphatic rings. The Balaban J connectivity index is 1.27. The Bertz CT molecular complexity index is 1720. The normalized spacial score (nSPS) is 19.5. The molecule has 10 nitrogen and oxygen atoms in total. The van der Waals surface area contributed by atoms with Crippen LogP contribution in [0, 0.1) is 12.8 Å². The summed E-state index contributed by atoms with van der Waals surface area (Å²) in [5.41, 5.74) is 2.40. The zero-order valence-corrected chi connectivity index (χ0v) is 24.1. The standard InChI is InChI=1S/C32H32F2N6O4/c1-19-11-12-21-22(7-2-10-25(21)38-28(41)24-9-3-14-32(24,33)34)27(19)44-29-23(8-4-15-35-29)26-13-16-36-30(39-26)37-20-6-5-17-40(18-20)31(42)43/h2,4,7-8,10-13,15-16,20,24H,3,5-6,9,14,17-18H2,1H3,(H,38,41)(H,42,43)(H,36,37,39)/t20-,24?/m0/s1. The van der Waals surface area contributed by atoms with Crippen LogP contribution in [0.3, 0.4) is 0 Å². The van der Waals surface area contributed by atoms with Gasteiger partial charge in [-0.05, 0) is 62.4 Å². The molecular formula is C32H32F2N6O4. The van der Waals surface area contributed by atoms with Crippen LogP contribution in [0.2, 0.25) is 0 Å². The molecule has 1 saturated carbocycles. The highest BCUT2D eigenvalue weighted by Gasteiger charge is 2.48. The number of alkyl halides is 2. The van der Waals surface area contributed by atoms with Crippen LogP contribution in [-0.4, -0.2) is 62.0 Å². The average Bonchev–Trinajstić information content (AvgIpc) is 3.38. The monoisotopic (exact) mass is 602 g/mol. The second-order valence-corrected chi connectivity index (χ2v) is 11.2. The van der Waals surface area contributed by atoms with Gasteiger partial charge in [-0.3, -0.25) is 4.79 Å². The molecule has 12 heteroatoms. The lowest BCUT2D eigenvalue weighted by Crippen LogP contribution is -2.44. The van der Waals surface area contributed by atoms with E-state index in [1.807, 2.05) is 31.2 Å². The Kier molecular flexibility index (Phi) is 7.98. The predicted octanol–water partition coefficient (Wildman–Crippen LogP) is 6.72. The number of nitrogens with zero attached hydrogens (tertiary/aromatic N) is 4. The lowest BCUT2D eigenvalue weighted by Gasteiger charge is -2.31. The van der Waals surface area contributed by atoms with Crippen molar-refractivity contribution in [1.82, 2.24) is 19.9 Å². The minimum atomic E-state index is -3.01. The number of aryl methyl sites for hydroxylation is 1. The maximum atomic E-state index is 14.3. The topological polar surface area (TPSA) is 130 Å². The molecule has 0 spiro atoms. The van der Waals surface area contributed by atoms with E-state index in [9.17, 15) is 23.5 Å². The largest absolute Gasteiger partial charge is 0.465 e. The fourth-order valence-electron chi connectivity index (χ4n) is 5.95. The van der Waals surface area contributed by atoms with Gasteiger partial charge in [0.25, 0.3) is 5.92 Å². The van der Waals surface area contributed by atoms with Gasteiger partial charge in [-0.25, -0.2) is 28.5 Å². The summed E-state index contributed by atoms with van der Waals surface area (Å²) in [7, 11) is 0. The summed E-state index contributed by atoms with van der Waals surface area (Å²) in [4.78, 5) is 39.1. The summed E-state index contributed by atoms with van der Waals surface area (Å²) < 4.78 is 35.0. The van der Waals surface area contributed by atoms with Gasteiger partial charge in [-0.2, -0.15) is 0 Å². The van der Waals surface area contributed by atoms with Gasteiger partial charge in [0.2, 0.25) is 17.7 Å². The second kappa shape index (κ2) is 12.0. The number of fused-ring (bicyclic) bond motifs is 1. The third-order valence-corrected chi connectivity index (χ3v) is 8.22. The number of nitrogens with one attached hydrogen (secondary N) is 2. The zero-order valence-electron chi connectivity index (χ0n) is 24.1. The molecule has 2 fully saturated rings. The maximum absolute atomic E-state index is 14.3. The number of amides is 2. The minimum absolute atomic E-state index is 0.118. The number of halogens is 2. The number of likely N-dealkylation sites (tertiary alicyclic amines) is 1. The fraction of sp³-hybridized carbons (Fsp3) is 0.344. The molecule has 0 radical (unpaired) electrons. The smallest absolute Gasteiger partial charge is 0.407 e. The van der Waals surface area contributed by atoms with Gasteiger partial charge in [-0.15, -0.1) is 0 Å². The minimum Gasteiger partial charge on any atom is -0.465 e. The number of hydrogen-bond acceptors (Lipinski definition) is 7. The summed E-state index contributed by atoms with van der Waals surface area (Å²) in [5, 5.41) is 16.7. The Labute approximate surface area is 252 Å². The maximum Gasteiger partial charge on any atom is 0.407 e. The lowest BCUT2D eigenvalue weighted by molar-refractivity contribution is -0.130. The molecule has 2 atom stereocenters. The van der Waals surface area contributed by atoms with Crippen molar-refractivity contribution >= 4 is 34.4 Å². The number of pyridine rings is 1. The van der Waals surface area contributed by atoms with Crippen molar-refractivity contribution < 1.29 is 28.2 Å². The molecule has 228 valence electrons. The summed E-state index contributed by atoms with van der Waals surface area (Å²) in [6.07, 6.45) is 4.01. The number of piperidine rings is 1. The second-order valence-electron chi connectivity index (χ2n) is 11.2. The van der Waals surface area contributed by atoms with Crippen LogP contribution in [0.15, 0.2) is 60.9 Å². The van der Waals surface area contributed by atoms with E-state index in [4.69, 9.17) is 4.74 Å². The van der Waals surface area contributed by atoms with Crippen molar-refractivity contribution in [2.45, 2.75) is 51.0 Å². The third-order valence-electron chi connectivity index (χ3n) is 8.22. The molecule has 3 N–H and O–H groups in total. The first-order valence-corrected chi connectivity index (χ1v) is 14.6. The predicted molar refractivity (Wildman–Crippen MR) is 161 cm³/mol. The molecule has 2 aromatic carbocycles. The van der Waals surface area contributed by atoms with Gasteiger partial charge in [0.05, 0.1) is 11.3 Å². The van der Waals surface area contributed by atoms with Crippen molar-refractivity contribution in [3.8, 4) is 22.9 Å². The van der Waals surface area contributed by atoms with E-state index in [2.05, 4.69) is 25.6 Å². The molecule has 1 saturated heterocycles. The zero-order chi connectivity index (χ0) is 30.8. The molecule has 1 unspecified atom stereocenters. The first kappa shape index (κ1) is 29.2. The number of carbonyl (C=O) groups is 2. The highest BCUT2D eigenvalue weighted by molar-refractivity contribution is 6.05. The van der Waals surface area contributed by atoms with Crippen LogP contribution < -0.4 is 15.4 Å². The quantitative estimate of drug-likeness (QED) is 0.213. The molecule has 3 heterocycles. The van der Waals surface area contributed by atoms with Crippen LogP contribution in [-0.2, 0) is 4.79 Å². The number of carbonyl (C=O) groups excluding carboxylic acids is 1. The van der Waals surface area contributed by atoms with Gasteiger partial charge >= 0.3 is 6.09 Å². The van der Waals surface area contributed by atoms with Crippen molar-refractivity contribution in [1.29, 1.82) is 0 Å². The summed E-state index contributed by atoms with van der Waals surface area (Å²) in [6.45, 7) is 2.73. The first-order valence-electron chi connectivity index (χ1n) is 14.6. The molecule has 4 aromatic rings. The van der Waals surface area contributed by atoms with E-state index in [1.165, 1.54) is 4.90 Å². The Hall–Kier alpha value is -4.87. The molecule has 1 aliphatic heterocycles. The van der Waals surface area contributed by atoms with Gasteiger partial charge in [-0.1, -0.05) is 24.3 Å². The van der Waals surface area contributed by atoms with Gasteiger partial charge in [0.1, 0.15) is 11.7 Å². The van der Waals surface area contributed by atoms with Gasteiger partial charge < -0.3 is 25.4 Å². The number of hydrogen-bond donors (Lipinski definition) is 3. The number of benzene rings is 2.